The molecule has 0 aromatic rings. The Morgan fingerprint density at radius 2 is 1.82 bits per heavy atom. The summed E-state index contributed by atoms with van der Waals surface area (Å²) in [5, 5.41) is 0. The van der Waals surface area contributed by atoms with Gasteiger partial charge in [-0.1, -0.05) is 40.0 Å². The van der Waals surface area contributed by atoms with Crippen LogP contribution in [0.2, 0.25) is 0 Å². The molecule has 0 aromatic heterocycles. The molecule has 0 nitrogen and oxygen atoms in total. The standard InChI is InChI=1S/C11H20/c1-5-7-9-11(4)10(3)8-6-2/h10-11H,5-6,8H2,1-4H3. The van der Waals surface area contributed by atoms with Crippen LogP contribution in [0.1, 0.15) is 47.0 Å². The van der Waals surface area contributed by atoms with E-state index in [2.05, 4.69) is 39.5 Å². The Bertz CT molecular complexity index is 136. The molecule has 0 N–H and O–H groups in total. The molecule has 0 rings (SSSR count). The molecule has 0 amide bonds. The molecule has 2 unspecified atom stereocenters. The van der Waals surface area contributed by atoms with Crippen LogP contribution >= 0.6 is 0 Å². The molecule has 0 bridgehead atoms. The van der Waals surface area contributed by atoms with Gasteiger partial charge in [-0.05, 0) is 12.3 Å². The molecular weight excluding hydrogens is 132 g/mol. The van der Waals surface area contributed by atoms with Crippen molar-refractivity contribution in [3.8, 4) is 11.8 Å². The highest BCUT2D eigenvalue weighted by molar-refractivity contribution is 5.02. The van der Waals surface area contributed by atoms with Gasteiger partial charge in [0, 0.05) is 12.3 Å². The van der Waals surface area contributed by atoms with Crippen LogP contribution < -0.4 is 0 Å². The summed E-state index contributed by atoms with van der Waals surface area (Å²) in [4.78, 5) is 0. The summed E-state index contributed by atoms with van der Waals surface area (Å²) in [6, 6.07) is 0. The zero-order chi connectivity index (χ0) is 8.69. The van der Waals surface area contributed by atoms with E-state index >= 15 is 0 Å². The van der Waals surface area contributed by atoms with Crippen molar-refractivity contribution in [2.75, 3.05) is 0 Å². The van der Waals surface area contributed by atoms with Gasteiger partial charge in [-0.15, -0.1) is 5.92 Å². The summed E-state index contributed by atoms with van der Waals surface area (Å²) in [6.07, 6.45) is 3.57. The van der Waals surface area contributed by atoms with Gasteiger partial charge in [-0.3, -0.25) is 0 Å². The summed E-state index contributed by atoms with van der Waals surface area (Å²) >= 11 is 0. The summed E-state index contributed by atoms with van der Waals surface area (Å²) in [6.45, 7) is 8.85. The van der Waals surface area contributed by atoms with Crippen LogP contribution in [0.5, 0.6) is 0 Å². The zero-order valence-electron chi connectivity index (χ0n) is 8.28. The molecule has 0 aromatic carbocycles. The Balaban J connectivity index is 3.71. The lowest BCUT2D eigenvalue weighted by molar-refractivity contribution is 0.434. The van der Waals surface area contributed by atoms with E-state index in [1.165, 1.54) is 12.8 Å². The smallest absolute Gasteiger partial charge is 0.0200 e. The lowest BCUT2D eigenvalue weighted by Gasteiger charge is -2.12. The van der Waals surface area contributed by atoms with E-state index in [9.17, 15) is 0 Å². The van der Waals surface area contributed by atoms with Crippen molar-refractivity contribution in [2.45, 2.75) is 47.0 Å². The highest BCUT2D eigenvalue weighted by Crippen LogP contribution is 2.15. The molecule has 0 radical (unpaired) electrons. The average molecular weight is 152 g/mol. The Labute approximate surface area is 71.4 Å². The summed E-state index contributed by atoms with van der Waals surface area (Å²) < 4.78 is 0. The average Bonchev–Trinajstić information content (AvgIpc) is 2.00. The quantitative estimate of drug-likeness (QED) is 0.543. The third-order valence-electron chi connectivity index (χ3n) is 2.10. The van der Waals surface area contributed by atoms with Gasteiger partial charge >= 0.3 is 0 Å². The fourth-order valence-corrected chi connectivity index (χ4v) is 1.11. The Morgan fingerprint density at radius 3 is 2.27 bits per heavy atom. The van der Waals surface area contributed by atoms with Crippen molar-refractivity contribution in [2.24, 2.45) is 11.8 Å². The van der Waals surface area contributed by atoms with E-state index in [4.69, 9.17) is 0 Å². The maximum absolute atomic E-state index is 3.27. The van der Waals surface area contributed by atoms with Crippen LogP contribution in [0, 0.1) is 23.7 Å². The van der Waals surface area contributed by atoms with Crippen LogP contribution in [0.3, 0.4) is 0 Å². The van der Waals surface area contributed by atoms with Crippen LogP contribution in [0.25, 0.3) is 0 Å². The molecule has 0 saturated heterocycles. The molecule has 11 heavy (non-hydrogen) atoms. The summed E-state index contributed by atoms with van der Waals surface area (Å²) in [5.74, 6) is 7.75. The lowest BCUT2D eigenvalue weighted by atomic mass is 9.92. The first-order chi connectivity index (χ1) is 5.22. The van der Waals surface area contributed by atoms with Gasteiger partial charge in [0.2, 0.25) is 0 Å². The van der Waals surface area contributed by atoms with Gasteiger partial charge in [0.05, 0.1) is 0 Å². The van der Waals surface area contributed by atoms with Crippen molar-refractivity contribution in [1.29, 1.82) is 0 Å². The van der Waals surface area contributed by atoms with Gasteiger partial charge in [-0.25, -0.2) is 0 Å². The maximum Gasteiger partial charge on any atom is 0.0200 e. The first kappa shape index (κ1) is 10.6. The minimum absolute atomic E-state index is 0.579. The molecule has 2 atom stereocenters. The van der Waals surface area contributed by atoms with E-state index in [1.807, 2.05) is 0 Å². The largest absolute Gasteiger partial charge is 0.103 e. The number of hydrogen-bond donors (Lipinski definition) is 0. The second-order valence-corrected chi connectivity index (χ2v) is 3.23. The second-order valence-electron chi connectivity index (χ2n) is 3.23. The van der Waals surface area contributed by atoms with E-state index in [0.717, 1.165) is 12.3 Å². The molecule has 0 aliphatic heterocycles. The molecule has 64 valence electrons. The van der Waals surface area contributed by atoms with Crippen molar-refractivity contribution < 1.29 is 0 Å². The Kier molecular flexibility index (Phi) is 6.03. The highest BCUT2D eigenvalue weighted by Gasteiger charge is 2.06. The Morgan fingerprint density at radius 1 is 1.18 bits per heavy atom. The predicted molar refractivity (Wildman–Crippen MR) is 51.3 cm³/mol. The minimum Gasteiger partial charge on any atom is -0.103 e. The van der Waals surface area contributed by atoms with E-state index in [0.29, 0.717) is 5.92 Å². The fraction of sp³-hybridized carbons (Fsp3) is 0.818. The molecule has 0 saturated carbocycles. The number of hydrogen-bond acceptors (Lipinski definition) is 0. The van der Waals surface area contributed by atoms with Crippen molar-refractivity contribution in [3.05, 3.63) is 0 Å². The van der Waals surface area contributed by atoms with Crippen molar-refractivity contribution >= 4 is 0 Å². The molecule has 0 spiro atoms. The van der Waals surface area contributed by atoms with Crippen LogP contribution in [-0.2, 0) is 0 Å². The monoisotopic (exact) mass is 152 g/mol. The maximum atomic E-state index is 3.27. The summed E-state index contributed by atoms with van der Waals surface area (Å²) in [7, 11) is 0. The molecule has 0 aliphatic carbocycles. The normalized spacial score (nSPS) is 14.9. The van der Waals surface area contributed by atoms with E-state index in [-0.39, 0.29) is 0 Å². The molecule has 0 heterocycles. The summed E-state index contributed by atoms with van der Waals surface area (Å²) in [5.41, 5.74) is 0. The van der Waals surface area contributed by atoms with Crippen molar-refractivity contribution in [3.63, 3.8) is 0 Å². The van der Waals surface area contributed by atoms with Gasteiger partial charge in [0.15, 0.2) is 0 Å². The van der Waals surface area contributed by atoms with Gasteiger partial charge < -0.3 is 0 Å². The minimum atomic E-state index is 0.579. The second kappa shape index (κ2) is 6.28. The van der Waals surface area contributed by atoms with Crippen LogP contribution in [0.4, 0.5) is 0 Å². The molecule has 0 heteroatoms. The highest BCUT2D eigenvalue weighted by atomic mass is 14.1. The number of rotatable bonds is 3. The predicted octanol–water partition coefficient (Wildman–Crippen LogP) is 3.47. The van der Waals surface area contributed by atoms with Gasteiger partial charge in [0.1, 0.15) is 0 Å². The van der Waals surface area contributed by atoms with Crippen molar-refractivity contribution in [1.82, 2.24) is 0 Å². The van der Waals surface area contributed by atoms with Gasteiger partial charge in [-0.2, -0.15) is 0 Å². The SMILES string of the molecule is CCC#CC(C)C(C)CCC. The lowest BCUT2D eigenvalue weighted by Crippen LogP contribution is -2.04. The third-order valence-corrected chi connectivity index (χ3v) is 2.10. The third kappa shape index (κ3) is 4.90. The zero-order valence-corrected chi connectivity index (χ0v) is 8.28. The van der Waals surface area contributed by atoms with Gasteiger partial charge in [0.25, 0.3) is 0 Å². The fourth-order valence-electron chi connectivity index (χ4n) is 1.11. The van der Waals surface area contributed by atoms with E-state index in [1.54, 1.807) is 0 Å². The topological polar surface area (TPSA) is 0 Å². The van der Waals surface area contributed by atoms with Crippen LogP contribution in [-0.4, -0.2) is 0 Å². The van der Waals surface area contributed by atoms with E-state index < -0.39 is 0 Å². The molecule has 0 aliphatic rings. The molecular formula is C11H20. The first-order valence-corrected chi connectivity index (χ1v) is 4.70. The first-order valence-electron chi connectivity index (χ1n) is 4.70. The molecule has 0 fully saturated rings. The Hall–Kier alpha value is -0.440. The van der Waals surface area contributed by atoms with Crippen LogP contribution in [0.15, 0.2) is 0 Å².